The number of pyridine rings is 1. The second-order valence-corrected chi connectivity index (χ2v) is 8.06. The Morgan fingerprint density at radius 3 is 2.67 bits per heavy atom. The van der Waals surface area contributed by atoms with E-state index in [0.29, 0.717) is 37.9 Å². The molecule has 9 heteroatoms. The zero-order valence-corrected chi connectivity index (χ0v) is 18.1. The molecule has 4 aromatic rings. The van der Waals surface area contributed by atoms with Crippen molar-refractivity contribution >= 4 is 33.7 Å². The molecule has 1 N–H and O–H groups in total. The van der Waals surface area contributed by atoms with E-state index < -0.39 is 0 Å². The topological polar surface area (TPSA) is 86.2 Å². The molecular weight excluding hydrogens is 420 g/mol. The molecule has 0 fully saturated rings. The van der Waals surface area contributed by atoms with Crippen molar-refractivity contribution < 1.29 is 14.3 Å². The first-order valence-electron chi connectivity index (χ1n) is 8.97. The minimum Gasteiger partial charge on any atom is -0.497 e. The largest absolute Gasteiger partial charge is 0.497 e. The Hall–Kier alpha value is -3.30. The normalized spacial score (nSPS) is 10.6. The molecule has 0 saturated carbocycles. The maximum atomic E-state index is 12.8. The Balaban J connectivity index is 1.55. The van der Waals surface area contributed by atoms with Crippen molar-refractivity contribution in [3.05, 3.63) is 58.5 Å². The summed E-state index contributed by atoms with van der Waals surface area (Å²) < 4.78 is 10.7. The molecule has 3 aromatic heterocycles. The number of nitrogens with one attached hydrogen (secondary N) is 1. The summed E-state index contributed by atoms with van der Waals surface area (Å²) in [6.07, 6.45) is 1.70. The van der Waals surface area contributed by atoms with Crippen LogP contribution in [0.5, 0.6) is 11.5 Å². The second kappa shape index (κ2) is 8.60. The van der Waals surface area contributed by atoms with E-state index in [-0.39, 0.29) is 5.91 Å². The summed E-state index contributed by atoms with van der Waals surface area (Å²) in [6, 6.07) is 11.1. The molecule has 152 valence electrons. The minimum atomic E-state index is -0.241. The fourth-order valence-electron chi connectivity index (χ4n) is 2.82. The molecule has 0 aliphatic heterocycles. The number of rotatable bonds is 6. The molecule has 1 amide bonds. The van der Waals surface area contributed by atoms with Crippen molar-refractivity contribution in [2.45, 2.75) is 6.92 Å². The van der Waals surface area contributed by atoms with Gasteiger partial charge in [-0.3, -0.25) is 15.1 Å². The van der Waals surface area contributed by atoms with Crippen LogP contribution in [0.1, 0.15) is 15.4 Å². The Kier molecular flexibility index (Phi) is 5.73. The van der Waals surface area contributed by atoms with Gasteiger partial charge in [-0.1, -0.05) is 6.07 Å². The molecule has 0 radical (unpaired) electrons. The number of hydrogen-bond acceptors (Lipinski definition) is 8. The average Bonchev–Trinajstić information content (AvgIpc) is 3.40. The number of amides is 1. The van der Waals surface area contributed by atoms with Gasteiger partial charge in [0.15, 0.2) is 5.13 Å². The van der Waals surface area contributed by atoms with E-state index in [1.54, 1.807) is 26.5 Å². The summed E-state index contributed by atoms with van der Waals surface area (Å²) >= 11 is 2.66. The predicted octanol–water partition coefficient (Wildman–Crippen LogP) is 4.91. The zero-order chi connectivity index (χ0) is 21.1. The van der Waals surface area contributed by atoms with Gasteiger partial charge in [-0.15, -0.1) is 22.7 Å². The third-order valence-electron chi connectivity index (χ3n) is 4.30. The summed E-state index contributed by atoms with van der Waals surface area (Å²) in [7, 11) is 3.20. The predicted molar refractivity (Wildman–Crippen MR) is 119 cm³/mol. The lowest BCUT2D eigenvalue weighted by Crippen LogP contribution is -2.11. The number of ether oxygens (including phenoxy) is 2. The van der Waals surface area contributed by atoms with E-state index in [1.165, 1.54) is 22.7 Å². The lowest BCUT2D eigenvalue weighted by molar-refractivity contribution is 0.103. The molecule has 0 aliphatic rings. The number of thiazole rings is 2. The lowest BCUT2D eigenvalue weighted by atomic mass is 10.1. The quantitative estimate of drug-likeness (QED) is 0.460. The molecule has 1 aromatic carbocycles. The van der Waals surface area contributed by atoms with Crippen LogP contribution >= 0.6 is 22.7 Å². The zero-order valence-electron chi connectivity index (χ0n) is 16.5. The van der Waals surface area contributed by atoms with Crippen LogP contribution in [0.15, 0.2) is 48.0 Å². The molecule has 0 aliphatic carbocycles. The highest BCUT2D eigenvalue weighted by Gasteiger charge is 2.19. The molecule has 0 spiro atoms. The van der Waals surface area contributed by atoms with Crippen LogP contribution in [0.4, 0.5) is 5.13 Å². The van der Waals surface area contributed by atoms with E-state index >= 15 is 0 Å². The Morgan fingerprint density at radius 2 is 1.93 bits per heavy atom. The first-order valence-corrected chi connectivity index (χ1v) is 10.7. The van der Waals surface area contributed by atoms with Crippen LogP contribution in [0.3, 0.4) is 0 Å². The van der Waals surface area contributed by atoms with Crippen LogP contribution in [-0.4, -0.2) is 35.1 Å². The van der Waals surface area contributed by atoms with Crippen LogP contribution in [-0.2, 0) is 0 Å². The van der Waals surface area contributed by atoms with Crippen molar-refractivity contribution in [1.29, 1.82) is 0 Å². The van der Waals surface area contributed by atoms with Gasteiger partial charge in [-0.25, -0.2) is 9.97 Å². The maximum absolute atomic E-state index is 12.8. The van der Waals surface area contributed by atoms with Gasteiger partial charge in [0.25, 0.3) is 5.91 Å². The molecule has 0 atom stereocenters. The summed E-state index contributed by atoms with van der Waals surface area (Å²) in [6.45, 7) is 1.81. The molecule has 3 heterocycles. The molecule has 4 rings (SSSR count). The highest BCUT2D eigenvalue weighted by molar-refractivity contribution is 7.17. The van der Waals surface area contributed by atoms with Crippen LogP contribution in [0, 0.1) is 6.92 Å². The number of carbonyl (C=O) groups is 1. The minimum absolute atomic E-state index is 0.241. The number of hydrogen-bond donors (Lipinski definition) is 1. The molecule has 30 heavy (non-hydrogen) atoms. The average molecular weight is 439 g/mol. The number of aromatic nitrogens is 3. The van der Waals surface area contributed by atoms with Crippen molar-refractivity contribution in [2.75, 3.05) is 19.5 Å². The summed E-state index contributed by atoms with van der Waals surface area (Å²) in [5.74, 6) is 1.11. The highest BCUT2D eigenvalue weighted by Crippen LogP contribution is 2.35. The van der Waals surface area contributed by atoms with Gasteiger partial charge >= 0.3 is 0 Å². The molecule has 0 unspecified atom stereocenters. The van der Waals surface area contributed by atoms with Gasteiger partial charge in [0.2, 0.25) is 0 Å². The molecule has 0 bridgehead atoms. The molecule has 0 saturated heterocycles. The van der Waals surface area contributed by atoms with Gasteiger partial charge in [0.1, 0.15) is 21.4 Å². The lowest BCUT2D eigenvalue weighted by Gasteiger charge is -2.08. The Bertz CT molecular complexity index is 1190. The summed E-state index contributed by atoms with van der Waals surface area (Å²) in [4.78, 5) is 26.7. The Morgan fingerprint density at radius 1 is 1.07 bits per heavy atom. The van der Waals surface area contributed by atoms with Crippen molar-refractivity contribution in [3.8, 4) is 33.5 Å². The second-order valence-electron chi connectivity index (χ2n) is 6.21. The SMILES string of the molecule is COc1ccc(-c2csc(NC(=O)c3sc(-c4ccccn4)nc3C)n2)c(OC)c1. The van der Waals surface area contributed by atoms with Crippen LogP contribution < -0.4 is 14.8 Å². The first kappa shape index (κ1) is 20.0. The van der Waals surface area contributed by atoms with Crippen molar-refractivity contribution in [3.63, 3.8) is 0 Å². The van der Waals surface area contributed by atoms with Gasteiger partial charge in [0, 0.05) is 23.2 Å². The Labute approximate surface area is 181 Å². The highest BCUT2D eigenvalue weighted by atomic mass is 32.1. The number of methoxy groups -OCH3 is 2. The monoisotopic (exact) mass is 438 g/mol. The summed E-state index contributed by atoms with van der Waals surface area (Å²) in [5, 5.41) is 5.95. The number of benzene rings is 1. The number of aryl methyl sites for hydroxylation is 1. The summed E-state index contributed by atoms with van der Waals surface area (Å²) in [5.41, 5.74) is 2.94. The van der Waals surface area contributed by atoms with Crippen molar-refractivity contribution in [2.24, 2.45) is 0 Å². The van der Waals surface area contributed by atoms with E-state index in [4.69, 9.17) is 9.47 Å². The van der Waals surface area contributed by atoms with Crippen LogP contribution in [0.2, 0.25) is 0 Å². The van der Waals surface area contributed by atoms with Gasteiger partial charge < -0.3 is 9.47 Å². The maximum Gasteiger partial charge on any atom is 0.269 e. The van der Waals surface area contributed by atoms with Gasteiger partial charge in [-0.2, -0.15) is 0 Å². The van der Waals surface area contributed by atoms with Gasteiger partial charge in [-0.05, 0) is 31.2 Å². The third-order valence-corrected chi connectivity index (χ3v) is 6.23. The van der Waals surface area contributed by atoms with Gasteiger partial charge in [0.05, 0.1) is 31.3 Å². The van der Waals surface area contributed by atoms with E-state index in [0.717, 1.165) is 11.3 Å². The fraction of sp³-hybridized carbons (Fsp3) is 0.143. The number of carbonyl (C=O) groups excluding carboxylic acids is 1. The number of nitrogens with zero attached hydrogens (tertiary/aromatic N) is 3. The van der Waals surface area contributed by atoms with Crippen LogP contribution in [0.25, 0.3) is 22.0 Å². The fourth-order valence-corrected chi connectivity index (χ4v) is 4.47. The van der Waals surface area contributed by atoms with E-state index in [2.05, 4.69) is 20.3 Å². The third kappa shape index (κ3) is 4.03. The first-order chi connectivity index (χ1) is 14.6. The molecular formula is C21H18N4O3S2. The van der Waals surface area contributed by atoms with E-state index in [1.807, 2.05) is 42.6 Å². The van der Waals surface area contributed by atoms with E-state index in [9.17, 15) is 4.79 Å². The smallest absolute Gasteiger partial charge is 0.269 e. The standard InChI is InChI=1S/C21H18N4O3S2/c1-12-18(30-20(23-12)15-6-4-5-9-22-15)19(26)25-21-24-16(11-29-21)14-8-7-13(27-2)10-17(14)28-3/h4-11H,1-3H3,(H,24,25,26). The van der Waals surface area contributed by atoms with Crippen molar-refractivity contribution in [1.82, 2.24) is 15.0 Å². The molecule has 7 nitrogen and oxygen atoms in total. The number of anilines is 1.